The SMILES string of the molecule is CCc1nnsc1C(=O)N1CC[C@@H](c2cc(=O)[nH]c(N(C)C)n2)C1. The van der Waals surface area contributed by atoms with E-state index in [0.29, 0.717) is 30.3 Å². The van der Waals surface area contributed by atoms with E-state index < -0.39 is 0 Å². The van der Waals surface area contributed by atoms with Gasteiger partial charge >= 0.3 is 0 Å². The fourth-order valence-electron chi connectivity index (χ4n) is 2.82. The van der Waals surface area contributed by atoms with Gasteiger partial charge in [-0.15, -0.1) is 5.10 Å². The van der Waals surface area contributed by atoms with E-state index in [0.717, 1.165) is 29.3 Å². The highest BCUT2D eigenvalue weighted by Gasteiger charge is 2.31. The Labute approximate surface area is 143 Å². The third-order valence-corrected chi connectivity index (χ3v) is 4.91. The van der Waals surface area contributed by atoms with Crippen molar-refractivity contribution >= 4 is 23.4 Å². The molecule has 1 saturated heterocycles. The molecule has 128 valence electrons. The third-order valence-electron chi connectivity index (χ3n) is 4.15. The Hall–Kier alpha value is -2.29. The van der Waals surface area contributed by atoms with Crippen LogP contribution in [0.1, 0.15) is 40.3 Å². The van der Waals surface area contributed by atoms with Crippen molar-refractivity contribution in [2.75, 3.05) is 32.1 Å². The molecule has 1 amide bonds. The predicted molar refractivity (Wildman–Crippen MR) is 91.7 cm³/mol. The highest BCUT2D eigenvalue weighted by Crippen LogP contribution is 2.28. The van der Waals surface area contributed by atoms with Gasteiger partial charge in [0.2, 0.25) is 5.95 Å². The molecule has 0 unspecified atom stereocenters. The number of nitrogens with one attached hydrogen (secondary N) is 1. The molecule has 1 aliphatic heterocycles. The molecule has 1 fully saturated rings. The quantitative estimate of drug-likeness (QED) is 0.881. The summed E-state index contributed by atoms with van der Waals surface area (Å²) >= 11 is 1.15. The average Bonchev–Trinajstić information content (AvgIpc) is 3.22. The van der Waals surface area contributed by atoms with Crippen molar-refractivity contribution in [3.8, 4) is 0 Å². The molecule has 0 bridgehead atoms. The zero-order chi connectivity index (χ0) is 17.3. The van der Waals surface area contributed by atoms with Crippen LogP contribution in [0, 0.1) is 0 Å². The summed E-state index contributed by atoms with van der Waals surface area (Å²) in [4.78, 5) is 35.9. The molecule has 0 radical (unpaired) electrons. The average molecular weight is 348 g/mol. The first-order valence-corrected chi connectivity index (χ1v) is 8.66. The van der Waals surface area contributed by atoms with Gasteiger partial charge < -0.3 is 9.80 Å². The lowest BCUT2D eigenvalue weighted by Crippen LogP contribution is -2.29. The Balaban J connectivity index is 1.78. The molecule has 0 spiro atoms. The first-order valence-electron chi connectivity index (χ1n) is 7.88. The lowest BCUT2D eigenvalue weighted by atomic mass is 10.1. The van der Waals surface area contributed by atoms with Gasteiger partial charge in [-0.05, 0) is 24.4 Å². The maximum Gasteiger partial charge on any atom is 0.267 e. The number of likely N-dealkylation sites (tertiary alicyclic amines) is 1. The molecular formula is C15H20N6O2S. The number of anilines is 1. The van der Waals surface area contributed by atoms with Gasteiger partial charge in [-0.3, -0.25) is 14.6 Å². The van der Waals surface area contributed by atoms with Crippen LogP contribution in [-0.2, 0) is 6.42 Å². The first-order chi connectivity index (χ1) is 11.5. The largest absolute Gasteiger partial charge is 0.348 e. The van der Waals surface area contributed by atoms with Crippen LogP contribution in [0.25, 0.3) is 0 Å². The van der Waals surface area contributed by atoms with E-state index >= 15 is 0 Å². The summed E-state index contributed by atoms with van der Waals surface area (Å²) in [6.07, 6.45) is 1.49. The van der Waals surface area contributed by atoms with E-state index in [2.05, 4.69) is 19.6 Å². The van der Waals surface area contributed by atoms with Crippen molar-refractivity contribution in [3.63, 3.8) is 0 Å². The van der Waals surface area contributed by atoms with Gasteiger partial charge in [0.05, 0.1) is 11.4 Å². The molecule has 24 heavy (non-hydrogen) atoms. The third kappa shape index (κ3) is 3.16. The second kappa shape index (κ2) is 6.68. The zero-order valence-corrected chi connectivity index (χ0v) is 14.8. The molecule has 0 aromatic carbocycles. The second-order valence-electron chi connectivity index (χ2n) is 6.03. The van der Waals surface area contributed by atoms with Gasteiger partial charge in [0.15, 0.2) is 0 Å². The molecule has 1 aliphatic rings. The highest BCUT2D eigenvalue weighted by atomic mass is 32.1. The van der Waals surface area contributed by atoms with Crippen LogP contribution in [0.4, 0.5) is 5.95 Å². The summed E-state index contributed by atoms with van der Waals surface area (Å²) in [6, 6.07) is 1.53. The highest BCUT2D eigenvalue weighted by molar-refractivity contribution is 7.08. The molecule has 9 heteroatoms. The molecule has 2 aromatic heterocycles. The molecule has 0 saturated carbocycles. The number of H-pyrrole nitrogens is 1. The van der Waals surface area contributed by atoms with E-state index in [4.69, 9.17) is 0 Å². The lowest BCUT2D eigenvalue weighted by molar-refractivity contribution is 0.0794. The van der Waals surface area contributed by atoms with Gasteiger partial charge in [0.1, 0.15) is 4.88 Å². The van der Waals surface area contributed by atoms with Crippen molar-refractivity contribution in [2.45, 2.75) is 25.7 Å². The Morgan fingerprint density at radius 3 is 3.00 bits per heavy atom. The Morgan fingerprint density at radius 1 is 1.50 bits per heavy atom. The van der Waals surface area contributed by atoms with Crippen LogP contribution in [0.5, 0.6) is 0 Å². The second-order valence-corrected chi connectivity index (χ2v) is 6.78. The Bertz CT molecular complexity index is 799. The number of nitrogens with zero attached hydrogens (tertiary/aromatic N) is 5. The molecule has 2 aromatic rings. The smallest absolute Gasteiger partial charge is 0.267 e. The van der Waals surface area contributed by atoms with Crippen LogP contribution in [0.15, 0.2) is 10.9 Å². The van der Waals surface area contributed by atoms with Gasteiger partial charge in [-0.2, -0.15) is 0 Å². The summed E-state index contributed by atoms with van der Waals surface area (Å²) in [7, 11) is 3.66. The summed E-state index contributed by atoms with van der Waals surface area (Å²) in [5.74, 6) is 0.574. The fraction of sp³-hybridized carbons (Fsp3) is 0.533. The zero-order valence-electron chi connectivity index (χ0n) is 13.9. The summed E-state index contributed by atoms with van der Waals surface area (Å²) in [6.45, 7) is 3.17. The van der Waals surface area contributed by atoms with E-state index in [1.807, 2.05) is 21.0 Å². The maximum absolute atomic E-state index is 12.7. The van der Waals surface area contributed by atoms with E-state index in [9.17, 15) is 9.59 Å². The maximum atomic E-state index is 12.7. The minimum atomic E-state index is -0.173. The van der Waals surface area contributed by atoms with Crippen molar-refractivity contribution in [1.82, 2.24) is 24.5 Å². The predicted octanol–water partition coefficient (Wildman–Crippen LogP) is 0.879. The van der Waals surface area contributed by atoms with Gasteiger partial charge in [0.25, 0.3) is 11.5 Å². The van der Waals surface area contributed by atoms with Gasteiger partial charge in [0, 0.05) is 39.2 Å². The molecule has 3 rings (SSSR count). The van der Waals surface area contributed by atoms with Gasteiger partial charge in [-0.25, -0.2) is 4.98 Å². The number of carbonyl (C=O) groups excluding carboxylic acids is 1. The number of rotatable bonds is 4. The minimum absolute atomic E-state index is 0.0259. The van der Waals surface area contributed by atoms with Crippen molar-refractivity contribution in [2.24, 2.45) is 0 Å². The minimum Gasteiger partial charge on any atom is -0.348 e. The Morgan fingerprint density at radius 2 is 2.29 bits per heavy atom. The van der Waals surface area contributed by atoms with Crippen molar-refractivity contribution < 1.29 is 4.79 Å². The number of hydrogen-bond donors (Lipinski definition) is 1. The van der Waals surface area contributed by atoms with E-state index in [1.165, 1.54) is 6.07 Å². The van der Waals surface area contributed by atoms with Crippen LogP contribution < -0.4 is 10.5 Å². The molecule has 1 atom stereocenters. The fourth-order valence-corrected chi connectivity index (χ4v) is 3.53. The van der Waals surface area contributed by atoms with Crippen LogP contribution in [0.3, 0.4) is 0 Å². The summed E-state index contributed by atoms with van der Waals surface area (Å²) < 4.78 is 3.89. The monoisotopic (exact) mass is 348 g/mol. The van der Waals surface area contributed by atoms with Crippen molar-refractivity contribution in [3.05, 3.63) is 32.7 Å². The van der Waals surface area contributed by atoms with Crippen LogP contribution in [0.2, 0.25) is 0 Å². The topological polar surface area (TPSA) is 95.1 Å². The lowest BCUT2D eigenvalue weighted by Gasteiger charge is -2.17. The number of hydrogen-bond acceptors (Lipinski definition) is 7. The van der Waals surface area contributed by atoms with Crippen LogP contribution >= 0.6 is 11.5 Å². The number of aryl methyl sites for hydroxylation is 1. The standard InChI is InChI=1S/C15H20N6O2S/c1-4-10-13(24-19-18-10)14(23)21-6-5-9(8-21)11-7-12(22)17-15(16-11)20(2)3/h7,9H,4-6,8H2,1-3H3,(H,16,17,22)/t9-/m1/s1. The molecule has 0 aliphatic carbocycles. The number of aromatic nitrogens is 4. The first kappa shape index (κ1) is 16.6. The Kier molecular flexibility index (Phi) is 4.61. The number of aromatic amines is 1. The number of carbonyl (C=O) groups is 1. The summed E-state index contributed by atoms with van der Waals surface area (Å²) in [5, 5.41) is 4.00. The van der Waals surface area contributed by atoms with Gasteiger partial charge in [-0.1, -0.05) is 11.4 Å². The number of amides is 1. The van der Waals surface area contributed by atoms with E-state index in [1.54, 1.807) is 9.80 Å². The molecule has 1 N–H and O–H groups in total. The van der Waals surface area contributed by atoms with Crippen LogP contribution in [-0.4, -0.2) is 57.5 Å². The molecule has 3 heterocycles. The molecular weight excluding hydrogens is 328 g/mol. The normalized spacial score (nSPS) is 17.3. The van der Waals surface area contributed by atoms with Crippen molar-refractivity contribution in [1.29, 1.82) is 0 Å². The molecule has 8 nitrogen and oxygen atoms in total. The summed E-state index contributed by atoms with van der Waals surface area (Å²) in [5.41, 5.74) is 1.31. The van der Waals surface area contributed by atoms with E-state index in [-0.39, 0.29) is 17.4 Å².